The van der Waals surface area contributed by atoms with Gasteiger partial charge in [0.05, 0.1) is 5.52 Å². The first kappa shape index (κ1) is 12.4. The van der Waals surface area contributed by atoms with Gasteiger partial charge in [0, 0.05) is 24.0 Å². The lowest BCUT2D eigenvalue weighted by atomic mass is 10.0. The Kier molecular flexibility index (Phi) is 3.15. The fraction of sp³-hybridized carbons (Fsp3) is 0.438. The maximum atomic E-state index is 6.04. The maximum absolute atomic E-state index is 6.04. The van der Waals surface area contributed by atoms with Crippen LogP contribution >= 0.6 is 0 Å². The molecule has 1 aliphatic rings. The number of ether oxygens (including phenoxy) is 1. The molecule has 1 aromatic carbocycles. The van der Waals surface area contributed by atoms with E-state index in [2.05, 4.69) is 44.3 Å². The molecule has 100 valence electrons. The molecule has 0 aliphatic carbocycles. The summed E-state index contributed by atoms with van der Waals surface area (Å²) in [4.78, 5) is 4.77. The van der Waals surface area contributed by atoms with Gasteiger partial charge >= 0.3 is 0 Å². The van der Waals surface area contributed by atoms with Gasteiger partial charge in [0.1, 0.15) is 6.10 Å². The summed E-state index contributed by atoms with van der Waals surface area (Å²) in [6, 6.07) is 6.51. The number of fused-ring (bicyclic) bond motifs is 2. The van der Waals surface area contributed by atoms with Gasteiger partial charge in [-0.25, -0.2) is 4.98 Å². The molecule has 0 saturated carbocycles. The minimum atomic E-state index is 0.219. The van der Waals surface area contributed by atoms with Gasteiger partial charge in [-0.3, -0.25) is 0 Å². The van der Waals surface area contributed by atoms with Crippen LogP contribution < -0.4 is 10.1 Å². The van der Waals surface area contributed by atoms with Gasteiger partial charge in [-0.1, -0.05) is 19.1 Å². The van der Waals surface area contributed by atoms with E-state index in [1.807, 2.05) is 0 Å². The van der Waals surface area contributed by atoms with E-state index < -0.39 is 0 Å². The maximum Gasteiger partial charge on any atom is 0.218 e. The molecule has 3 nitrogen and oxygen atoms in total. The van der Waals surface area contributed by atoms with Crippen molar-refractivity contribution in [1.29, 1.82) is 0 Å². The van der Waals surface area contributed by atoms with Crippen molar-refractivity contribution in [2.75, 3.05) is 6.54 Å². The second kappa shape index (κ2) is 4.82. The van der Waals surface area contributed by atoms with Gasteiger partial charge in [-0.15, -0.1) is 0 Å². The zero-order valence-electron chi connectivity index (χ0n) is 11.8. The van der Waals surface area contributed by atoms with Gasteiger partial charge in [0.15, 0.2) is 0 Å². The van der Waals surface area contributed by atoms with Crippen LogP contribution in [-0.2, 0) is 6.54 Å². The minimum absolute atomic E-state index is 0.219. The topological polar surface area (TPSA) is 34.2 Å². The first-order valence-electron chi connectivity index (χ1n) is 6.96. The summed E-state index contributed by atoms with van der Waals surface area (Å²) >= 11 is 0. The first-order chi connectivity index (χ1) is 9.19. The normalized spacial score (nSPS) is 18.8. The third-order valence-electron chi connectivity index (χ3n) is 3.86. The Labute approximate surface area is 114 Å². The molecule has 0 bridgehead atoms. The summed E-state index contributed by atoms with van der Waals surface area (Å²) in [6.45, 7) is 8.11. The van der Waals surface area contributed by atoms with Gasteiger partial charge in [0.25, 0.3) is 0 Å². The quantitative estimate of drug-likeness (QED) is 0.851. The molecule has 2 heterocycles. The summed E-state index contributed by atoms with van der Waals surface area (Å²) in [5.74, 6) is 0.804. The molecule has 19 heavy (non-hydrogen) atoms. The van der Waals surface area contributed by atoms with Crippen LogP contribution in [0.2, 0.25) is 0 Å². The number of nitrogens with zero attached hydrogens (tertiary/aromatic N) is 1. The molecule has 0 fully saturated rings. The molecule has 2 aromatic rings. The minimum Gasteiger partial charge on any atom is -0.473 e. The monoisotopic (exact) mass is 256 g/mol. The molecule has 3 heteroatoms. The lowest BCUT2D eigenvalue weighted by Crippen LogP contribution is -2.27. The molecular weight excluding hydrogens is 236 g/mol. The van der Waals surface area contributed by atoms with Crippen LogP contribution in [-0.4, -0.2) is 17.6 Å². The van der Waals surface area contributed by atoms with Gasteiger partial charge in [0.2, 0.25) is 5.88 Å². The van der Waals surface area contributed by atoms with Crippen LogP contribution in [0.5, 0.6) is 5.88 Å². The summed E-state index contributed by atoms with van der Waals surface area (Å²) in [5.41, 5.74) is 4.71. The third kappa shape index (κ3) is 2.19. The fourth-order valence-electron chi connectivity index (χ4n) is 2.58. The van der Waals surface area contributed by atoms with Crippen molar-refractivity contribution in [3.8, 4) is 5.88 Å². The van der Waals surface area contributed by atoms with E-state index in [1.54, 1.807) is 0 Å². The predicted molar refractivity (Wildman–Crippen MR) is 77.6 cm³/mol. The Morgan fingerprint density at radius 2 is 2.11 bits per heavy atom. The molecule has 0 unspecified atom stereocenters. The van der Waals surface area contributed by atoms with Gasteiger partial charge < -0.3 is 10.1 Å². The van der Waals surface area contributed by atoms with Crippen LogP contribution in [0, 0.1) is 13.8 Å². The molecule has 0 radical (unpaired) electrons. The van der Waals surface area contributed by atoms with Crippen LogP contribution in [0.1, 0.15) is 30.0 Å². The van der Waals surface area contributed by atoms with E-state index in [0.717, 1.165) is 36.5 Å². The highest BCUT2D eigenvalue weighted by Crippen LogP contribution is 2.28. The second-order valence-electron chi connectivity index (χ2n) is 5.33. The number of nitrogens with one attached hydrogen (secondary N) is 1. The highest BCUT2D eigenvalue weighted by molar-refractivity contribution is 5.86. The van der Waals surface area contributed by atoms with Crippen molar-refractivity contribution >= 4 is 10.9 Å². The highest BCUT2D eigenvalue weighted by Gasteiger charge is 2.18. The molecule has 1 N–H and O–H groups in total. The van der Waals surface area contributed by atoms with Crippen LogP contribution in [0.3, 0.4) is 0 Å². The van der Waals surface area contributed by atoms with Crippen molar-refractivity contribution in [1.82, 2.24) is 10.3 Å². The Hall–Kier alpha value is -1.61. The van der Waals surface area contributed by atoms with E-state index >= 15 is 0 Å². The lowest BCUT2D eigenvalue weighted by Gasteiger charge is -2.15. The average Bonchev–Trinajstić information content (AvgIpc) is 2.62. The fourth-order valence-corrected chi connectivity index (χ4v) is 2.58. The molecular formula is C16H20N2O. The molecule has 1 atom stereocenters. The SMILES string of the molecule is CC[C@H]1CNCc2cc3c(C)ccc(C)c3nc2O1. The van der Waals surface area contributed by atoms with E-state index in [0.29, 0.717) is 0 Å². The molecule has 3 rings (SSSR count). The zero-order valence-corrected chi connectivity index (χ0v) is 11.8. The Morgan fingerprint density at radius 1 is 1.32 bits per heavy atom. The highest BCUT2D eigenvalue weighted by atomic mass is 16.5. The Bertz CT molecular complexity index is 622. The van der Waals surface area contributed by atoms with E-state index in [4.69, 9.17) is 9.72 Å². The predicted octanol–water partition coefficient (Wildman–Crippen LogP) is 3.11. The number of benzene rings is 1. The average molecular weight is 256 g/mol. The smallest absolute Gasteiger partial charge is 0.218 e. The van der Waals surface area contributed by atoms with Crippen LogP contribution in [0.4, 0.5) is 0 Å². The van der Waals surface area contributed by atoms with E-state index in [9.17, 15) is 0 Å². The number of rotatable bonds is 1. The standard InChI is InChI=1S/C16H20N2O/c1-4-13-9-17-8-12-7-14-10(2)5-6-11(3)15(14)18-16(12)19-13/h5-7,13,17H,4,8-9H2,1-3H3/t13-/m0/s1. The molecule has 1 aliphatic heterocycles. The summed E-state index contributed by atoms with van der Waals surface area (Å²) in [6.07, 6.45) is 1.22. The second-order valence-corrected chi connectivity index (χ2v) is 5.33. The van der Waals surface area contributed by atoms with Gasteiger partial charge in [-0.2, -0.15) is 0 Å². The summed E-state index contributed by atoms with van der Waals surface area (Å²) in [5, 5.41) is 4.67. The van der Waals surface area contributed by atoms with Crippen LogP contribution in [0.25, 0.3) is 10.9 Å². The Morgan fingerprint density at radius 3 is 2.89 bits per heavy atom. The van der Waals surface area contributed by atoms with Crippen molar-refractivity contribution in [2.45, 2.75) is 39.8 Å². The number of hydrogen-bond acceptors (Lipinski definition) is 3. The first-order valence-corrected chi connectivity index (χ1v) is 6.96. The number of aromatic nitrogens is 1. The molecule has 1 aromatic heterocycles. The van der Waals surface area contributed by atoms with Crippen molar-refractivity contribution in [2.24, 2.45) is 0 Å². The van der Waals surface area contributed by atoms with E-state index in [1.165, 1.54) is 16.5 Å². The van der Waals surface area contributed by atoms with Crippen molar-refractivity contribution in [3.05, 3.63) is 34.9 Å². The van der Waals surface area contributed by atoms with Crippen molar-refractivity contribution < 1.29 is 4.74 Å². The largest absolute Gasteiger partial charge is 0.473 e. The third-order valence-corrected chi connectivity index (χ3v) is 3.86. The summed E-state index contributed by atoms with van der Waals surface area (Å²) < 4.78 is 6.04. The molecule has 0 spiro atoms. The lowest BCUT2D eigenvalue weighted by molar-refractivity contribution is 0.195. The molecule has 0 saturated heterocycles. The Balaban J connectivity index is 2.18. The molecule has 0 amide bonds. The number of pyridine rings is 1. The van der Waals surface area contributed by atoms with Crippen LogP contribution in [0.15, 0.2) is 18.2 Å². The van der Waals surface area contributed by atoms with Gasteiger partial charge in [-0.05, 0) is 37.5 Å². The number of hydrogen-bond donors (Lipinski definition) is 1. The van der Waals surface area contributed by atoms with Crippen molar-refractivity contribution in [3.63, 3.8) is 0 Å². The summed E-state index contributed by atoms with van der Waals surface area (Å²) in [7, 11) is 0. The number of aryl methyl sites for hydroxylation is 2. The zero-order chi connectivity index (χ0) is 13.4. The van der Waals surface area contributed by atoms with E-state index in [-0.39, 0.29) is 6.10 Å².